The summed E-state index contributed by atoms with van der Waals surface area (Å²) in [4.78, 5) is 10.6. The van der Waals surface area contributed by atoms with E-state index < -0.39 is 5.97 Å². The van der Waals surface area contributed by atoms with Crippen molar-refractivity contribution in [2.24, 2.45) is 0 Å². The summed E-state index contributed by atoms with van der Waals surface area (Å²) in [6, 6.07) is 7.48. The normalized spacial score (nSPS) is 13.8. The molecule has 0 aliphatic heterocycles. The zero-order valence-corrected chi connectivity index (χ0v) is 6.41. The minimum absolute atomic E-state index is 0.325. The Hall–Kier alpha value is -1.57. The van der Waals surface area contributed by atoms with E-state index >= 15 is 0 Å². The van der Waals surface area contributed by atoms with Crippen molar-refractivity contribution >= 4 is 11.5 Å². The Morgan fingerprint density at radius 3 is 2.75 bits per heavy atom. The lowest BCUT2D eigenvalue weighted by atomic mass is 10.1. The van der Waals surface area contributed by atoms with Gasteiger partial charge < -0.3 is 0 Å². The molecule has 59 valence electrons. The molecule has 1 aromatic carbocycles. The molecule has 0 amide bonds. The van der Waals surface area contributed by atoms with Crippen molar-refractivity contribution in [2.75, 3.05) is 0 Å². The fourth-order valence-electron chi connectivity index (χ4n) is 1.48. The third-order valence-electron chi connectivity index (χ3n) is 2.05. The highest BCUT2D eigenvalue weighted by Gasteiger charge is 2.19. The molecule has 0 aromatic heterocycles. The van der Waals surface area contributed by atoms with E-state index in [9.17, 15) is 9.90 Å². The van der Waals surface area contributed by atoms with E-state index in [1.807, 2.05) is 24.3 Å². The largest absolute Gasteiger partial charge is 0.386 e. The van der Waals surface area contributed by atoms with E-state index in [0.29, 0.717) is 12.0 Å². The Balaban J connectivity index is 2.52. The van der Waals surface area contributed by atoms with E-state index in [2.05, 4.69) is 0 Å². The van der Waals surface area contributed by atoms with Crippen LogP contribution in [-0.2, 0) is 16.3 Å². The molecule has 1 aliphatic carbocycles. The molecular formula is C10H7O2. The number of carbonyl (C=O) groups excluding carboxylic acids is 1. The second-order valence-electron chi connectivity index (χ2n) is 2.77. The van der Waals surface area contributed by atoms with Crippen molar-refractivity contribution in [1.29, 1.82) is 0 Å². The van der Waals surface area contributed by atoms with E-state index in [-0.39, 0.29) is 0 Å². The first kappa shape index (κ1) is 7.10. The molecule has 1 radical (unpaired) electrons. The Labute approximate surface area is 70.2 Å². The smallest absolute Gasteiger partial charge is 0.241 e. The van der Waals surface area contributed by atoms with Crippen LogP contribution in [0.15, 0.2) is 30.3 Å². The van der Waals surface area contributed by atoms with Crippen molar-refractivity contribution in [3.63, 3.8) is 0 Å². The molecule has 0 unspecified atom stereocenters. The van der Waals surface area contributed by atoms with Crippen LogP contribution >= 0.6 is 0 Å². The zero-order valence-electron chi connectivity index (χ0n) is 6.41. The monoisotopic (exact) mass is 159 g/mol. The average molecular weight is 159 g/mol. The Morgan fingerprint density at radius 2 is 2.00 bits per heavy atom. The van der Waals surface area contributed by atoms with Crippen LogP contribution in [0.5, 0.6) is 0 Å². The lowest BCUT2D eigenvalue weighted by molar-refractivity contribution is -0.135. The maximum absolute atomic E-state index is 10.6. The van der Waals surface area contributed by atoms with Gasteiger partial charge >= 0.3 is 5.97 Å². The van der Waals surface area contributed by atoms with Gasteiger partial charge in [-0.2, -0.15) is 0 Å². The van der Waals surface area contributed by atoms with Gasteiger partial charge in [0, 0.05) is 0 Å². The van der Waals surface area contributed by atoms with Gasteiger partial charge in [0.25, 0.3) is 0 Å². The number of allylic oxidation sites excluding steroid dienone is 1. The van der Waals surface area contributed by atoms with Gasteiger partial charge in [-0.05, 0) is 17.5 Å². The van der Waals surface area contributed by atoms with Crippen LogP contribution in [0.25, 0.3) is 5.57 Å². The van der Waals surface area contributed by atoms with E-state index in [4.69, 9.17) is 0 Å². The fourth-order valence-corrected chi connectivity index (χ4v) is 1.48. The molecule has 2 nitrogen and oxygen atoms in total. The number of rotatable bonds is 1. The zero-order chi connectivity index (χ0) is 8.55. The van der Waals surface area contributed by atoms with Crippen LogP contribution in [0.2, 0.25) is 0 Å². The molecule has 0 atom stereocenters. The minimum Gasteiger partial charge on any atom is -0.241 e. The molecule has 1 aromatic rings. The van der Waals surface area contributed by atoms with Gasteiger partial charge in [0.1, 0.15) is 0 Å². The quantitative estimate of drug-likeness (QED) is 0.613. The van der Waals surface area contributed by atoms with Crippen molar-refractivity contribution in [3.05, 3.63) is 41.5 Å². The summed E-state index contributed by atoms with van der Waals surface area (Å²) in [7, 11) is 0. The van der Waals surface area contributed by atoms with Gasteiger partial charge in [0.05, 0.1) is 5.57 Å². The Bertz CT molecular complexity index is 364. The summed E-state index contributed by atoms with van der Waals surface area (Å²) >= 11 is 0. The molecular weight excluding hydrogens is 152 g/mol. The summed E-state index contributed by atoms with van der Waals surface area (Å²) in [5.74, 6) is -1.08. The van der Waals surface area contributed by atoms with Crippen LogP contribution in [0.4, 0.5) is 0 Å². The number of carbonyl (C=O) groups is 1. The van der Waals surface area contributed by atoms with Crippen LogP contribution < -0.4 is 0 Å². The van der Waals surface area contributed by atoms with Crippen molar-refractivity contribution in [1.82, 2.24) is 0 Å². The molecule has 0 bridgehead atoms. The maximum atomic E-state index is 10.6. The van der Waals surface area contributed by atoms with Crippen molar-refractivity contribution < 1.29 is 9.90 Å². The Morgan fingerprint density at radius 1 is 1.25 bits per heavy atom. The highest BCUT2D eigenvalue weighted by molar-refractivity contribution is 6.16. The van der Waals surface area contributed by atoms with Gasteiger partial charge in [-0.1, -0.05) is 30.3 Å². The second-order valence-corrected chi connectivity index (χ2v) is 2.77. The molecule has 0 heterocycles. The standard InChI is InChI=1S/C10H7O2/c11-10(12)9-6-5-7-3-1-2-4-8(7)9/h1-4,6H,5H2. The molecule has 2 heteroatoms. The first-order chi connectivity index (χ1) is 5.79. The summed E-state index contributed by atoms with van der Waals surface area (Å²) in [6.07, 6.45) is 2.40. The number of benzene rings is 1. The van der Waals surface area contributed by atoms with Gasteiger partial charge in [0.2, 0.25) is 0 Å². The first-order valence-electron chi connectivity index (χ1n) is 3.79. The fraction of sp³-hybridized carbons (Fsp3) is 0.100. The molecule has 0 spiro atoms. The average Bonchev–Trinajstić information content (AvgIpc) is 2.47. The second kappa shape index (κ2) is 2.48. The van der Waals surface area contributed by atoms with Crippen LogP contribution in [0.1, 0.15) is 11.1 Å². The number of hydrogen-bond acceptors (Lipinski definition) is 1. The molecule has 0 saturated carbocycles. The molecule has 0 saturated heterocycles. The number of hydrogen-bond donors (Lipinski definition) is 0. The van der Waals surface area contributed by atoms with Crippen molar-refractivity contribution in [3.8, 4) is 0 Å². The maximum Gasteiger partial charge on any atom is 0.386 e. The van der Waals surface area contributed by atoms with Crippen LogP contribution in [-0.4, -0.2) is 5.97 Å². The van der Waals surface area contributed by atoms with Crippen LogP contribution in [0.3, 0.4) is 0 Å². The molecule has 0 N–H and O–H groups in total. The summed E-state index contributed by atoms with van der Waals surface area (Å²) < 4.78 is 0. The lowest BCUT2D eigenvalue weighted by Crippen LogP contribution is -1.95. The molecule has 2 rings (SSSR count). The Kier molecular flexibility index (Phi) is 1.47. The first-order valence-corrected chi connectivity index (χ1v) is 3.79. The summed E-state index contributed by atoms with van der Waals surface area (Å²) in [5.41, 5.74) is 2.19. The van der Waals surface area contributed by atoms with Crippen LogP contribution in [0, 0.1) is 0 Å². The third-order valence-corrected chi connectivity index (χ3v) is 2.05. The topological polar surface area (TPSA) is 37.0 Å². The van der Waals surface area contributed by atoms with Gasteiger partial charge in [-0.25, -0.2) is 9.90 Å². The molecule has 0 fully saturated rings. The SMILES string of the molecule is [O]C(=O)C1=CCc2ccccc21. The highest BCUT2D eigenvalue weighted by Crippen LogP contribution is 2.26. The highest BCUT2D eigenvalue weighted by atomic mass is 16.4. The minimum atomic E-state index is -1.08. The van der Waals surface area contributed by atoms with E-state index in [0.717, 1.165) is 11.1 Å². The van der Waals surface area contributed by atoms with Gasteiger partial charge in [-0.3, -0.25) is 0 Å². The van der Waals surface area contributed by atoms with E-state index in [1.165, 1.54) is 0 Å². The summed E-state index contributed by atoms with van der Waals surface area (Å²) in [6.45, 7) is 0. The van der Waals surface area contributed by atoms with Gasteiger partial charge in [-0.15, -0.1) is 0 Å². The summed E-state index contributed by atoms with van der Waals surface area (Å²) in [5, 5.41) is 10.6. The number of fused-ring (bicyclic) bond motifs is 1. The third kappa shape index (κ3) is 0.925. The van der Waals surface area contributed by atoms with Gasteiger partial charge in [0.15, 0.2) is 0 Å². The molecule has 1 aliphatic rings. The van der Waals surface area contributed by atoms with E-state index in [1.54, 1.807) is 6.08 Å². The molecule has 12 heavy (non-hydrogen) atoms. The van der Waals surface area contributed by atoms with Crippen molar-refractivity contribution in [2.45, 2.75) is 6.42 Å². The predicted octanol–water partition coefficient (Wildman–Crippen LogP) is 1.58. The predicted molar refractivity (Wildman–Crippen MR) is 43.8 cm³/mol. The lowest BCUT2D eigenvalue weighted by Gasteiger charge is -1.97.